The Hall–Kier alpha value is -3.15. The van der Waals surface area contributed by atoms with E-state index < -0.39 is 15.8 Å². The lowest BCUT2D eigenvalue weighted by molar-refractivity contribution is -0.129. The molecule has 5 rings (SSSR count). The van der Waals surface area contributed by atoms with Gasteiger partial charge in [-0.15, -0.1) is 0 Å². The van der Waals surface area contributed by atoms with E-state index in [1.54, 1.807) is 11.0 Å². The Bertz CT molecular complexity index is 1290. The van der Waals surface area contributed by atoms with E-state index in [2.05, 4.69) is 0 Å². The van der Waals surface area contributed by atoms with E-state index in [0.717, 1.165) is 11.1 Å². The molecule has 0 bridgehead atoms. The van der Waals surface area contributed by atoms with Crippen LogP contribution in [0.15, 0.2) is 52.4 Å². The molecule has 0 aliphatic carbocycles. The number of carbonyl (C=O) groups excluding carboxylic acids is 1. The van der Waals surface area contributed by atoms with Crippen molar-refractivity contribution in [3.05, 3.63) is 58.9 Å². The van der Waals surface area contributed by atoms with Crippen LogP contribution in [0.2, 0.25) is 0 Å². The van der Waals surface area contributed by atoms with Crippen molar-refractivity contribution in [1.29, 1.82) is 0 Å². The molecular weight excluding hydrogens is 501 g/mol. The summed E-state index contributed by atoms with van der Waals surface area (Å²) in [6.07, 6.45) is 0.0146. The highest BCUT2D eigenvalue weighted by Crippen LogP contribution is 2.35. The number of fused-ring (bicyclic) bond motifs is 1. The van der Waals surface area contributed by atoms with E-state index in [1.165, 1.54) is 41.7 Å². The molecule has 9 nitrogen and oxygen atoms in total. The summed E-state index contributed by atoms with van der Waals surface area (Å²) in [5.74, 6) is 0.828. The van der Waals surface area contributed by atoms with Crippen LogP contribution >= 0.6 is 0 Å². The predicted molar refractivity (Wildman–Crippen MR) is 136 cm³/mol. The number of nitrogens with zero attached hydrogens (tertiary/aromatic N) is 3. The maximum absolute atomic E-state index is 13.6. The molecule has 0 aromatic heterocycles. The fourth-order valence-electron chi connectivity index (χ4n) is 4.39. The van der Waals surface area contributed by atoms with Gasteiger partial charge < -0.3 is 24.0 Å². The van der Waals surface area contributed by atoms with Gasteiger partial charge in [-0.2, -0.15) is 4.31 Å². The average Bonchev–Trinajstić information content (AvgIpc) is 3.44. The third-order valence-electron chi connectivity index (χ3n) is 6.09. The fraction of sp³-hybridized carbons (Fsp3) is 0.423. The first-order valence-corrected chi connectivity index (χ1v) is 13.3. The minimum absolute atomic E-state index is 0.0146. The first-order valence-electron chi connectivity index (χ1n) is 11.9. The fourth-order valence-corrected chi connectivity index (χ4v) is 5.83. The van der Waals surface area contributed by atoms with Crippen molar-refractivity contribution in [2.75, 3.05) is 67.6 Å². The first-order chi connectivity index (χ1) is 17.6. The summed E-state index contributed by atoms with van der Waals surface area (Å²) >= 11 is 0. The Kier molecular flexibility index (Phi) is 8.05. The van der Waals surface area contributed by atoms with E-state index in [-0.39, 0.29) is 30.3 Å². The van der Waals surface area contributed by atoms with Gasteiger partial charge in [-0.25, -0.2) is 12.8 Å². The Morgan fingerprint density at radius 1 is 0.973 bits per heavy atom. The zero-order valence-electron chi connectivity index (χ0n) is 21.5. The maximum Gasteiger partial charge on any atom is 0.243 e. The third-order valence-corrected chi connectivity index (χ3v) is 7.87. The van der Waals surface area contributed by atoms with Crippen LogP contribution in [0, 0.1) is 5.82 Å². The standard InChI is InChI=1S/C23H23FN2O6S.C3H9N/c1-30-20-4-2-18(24)8-15(20)9-23(27)25-11-16-13-26(14-17(16)12-25)33(28,29)19-3-5-21-22(10-19)32-7-6-31-21;1-4(2)3/h2-5,8,10H,6-7,9,11-14H2,1H3;1-3H3. The summed E-state index contributed by atoms with van der Waals surface area (Å²) < 4.78 is 57.6. The molecule has 3 aliphatic heterocycles. The summed E-state index contributed by atoms with van der Waals surface area (Å²) in [7, 11) is 3.76. The molecule has 0 spiro atoms. The lowest BCUT2D eigenvalue weighted by atomic mass is 10.1. The van der Waals surface area contributed by atoms with Crippen molar-refractivity contribution in [1.82, 2.24) is 14.1 Å². The Balaban J connectivity index is 0.000000747. The molecule has 3 aliphatic rings. The number of halogens is 1. The van der Waals surface area contributed by atoms with Crippen molar-refractivity contribution in [3.63, 3.8) is 0 Å². The van der Waals surface area contributed by atoms with E-state index in [4.69, 9.17) is 14.2 Å². The quantitative estimate of drug-likeness (QED) is 0.545. The monoisotopic (exact) mass is 533 g/mol. The van der Waals surface area contributed by atoms with Gasteiger partial charge in [0.1, 0.15) is 24.8 Å². The largest absolute Gasteiger partial charge is 0.496 e. The number of methoxy groups -OCH3 is 1. The molecule has 0 atom stereocenters. The molecule has 0 unspecified atom stereocenters. The van der Waals surface area contributed by atoms with Gasteiger partial charge in [-0.1, -0.05) is 0 Å². The van der Waals surface area contributed by atoms with Crippen LogP contribution in [0.1, 0.15) is 5.56 Å². The van der Waals surface area contributed by atoms with Crippen molar-refractivity contribution >= 4 is 15.9 Å². The smallest absolute Gasteiger partial charge is 0.243 e. The van der Waals surface area contributed by atoms with Crippen molar-refractivity contribution in [3.8, 4) is 17.2 Å². The topological polar surface area (TPSA) is 88.6 Å². The van der Waals surface area contributed by atoms with E-state index in [9.17, 15) is 17.6 Å². The number of carbonyl (C=O) groups is 1. The number of ether oxygens (including phenoxy) is 3. The van der Waals surface area contributed by atoms with Crippen molar-refractivity contribution in [2.45, 2.75) is 11.3 Å². The lowest BCUT2D eigenvalue weighted by Gasteiger charge is -2.24. The van der Waals surface area contributed by atoms with Gasteiger partial charge in [-0.3, -0.25) is 4.79 Å². The van der Waals surface area contributed by atoms with Crippen LogP contribution in [0.5, 0.6) is 17.2 Å². The van der Waals surface area contributed by atoms with Crippen LogP contribution in [-0.4, -0.2) is 96.1 Å². The van der Waals surface area contributed by atoms with Crippen LogP contribution in [-0.2, 0) is 21.2 Å². The average molecular weight is 534 g/mol. The lowest BCUT2D eigenvalue weighted by Crippen LogP contribution is -2.37. The zero-order valence-corrected chi connectivity index (χ0v) is 22.3. The molecule has 3 heterocycles. The second-order valence-electron chi connectivity index (χ2n) is 9.51. The molecule has 2 aromatic carbocycles. The molecular formula is C26H32FN3O6S. The van der Waals surface area contributed by atoms with Crippen molar-refractivity contribution < 1.29 is 31.8 Å². The molecule has 1 amide bonds. The number of rotatable bonds is 5. The summed E-state index contributed by atoms with van der Waals surface area (Å²) in [5.41, 5.74) is 2.34. The highest BCUT2D eigenvalue weighted by molar-refractivity contribution is 7.89. The van der Waals surface area contributed by atoms with E-state index in [1.807, 2.05) is 26.0 Å². The van der Waals surface area contributed by atoms with Crippen LogP contribution in [0.3, 0.4) is 0 Å². The Labute approximate surface area is 217 Å². The summed E-state index contributed by atoms with van der Waals surface area (Å²) in [4.78, 5) is 16.6. The minimum Gasteiger partial charge on any atom is -0.496 e. The number of hydrogen-bond acceptors (Lipinski definition) is 7. The first kappa shape index (κ1) is 26.9. The molecule has 0 saturated heterocycles. The number of sulfonamides is 1. The molecule has 200 valence electrons. The molecule has 11 heteroatoms. The summed E-state index contributed by atoms with van der Waals surface area (Å²) in [5, 5.41) is 0. The Morgan fingerprint density at radius 3 is 2.22 bits per heavy atom. The van der Waals surface area contributed by atoms with E-state index >= 15 is 0 Å². The molecule has 0 radical (unpaired) electrons. The van der Waals surface area contributed by atoms with E-state index in [0.29, 0.717) is 49.1 Å². The SMILES string of the molecule is CN(C)C.COc1ccc(F)cc1CC(=O)N1CC2=C(C1)CN(S(=O)(=O)c1ccc3c(c1)OCCO3)C2. The number of benzene rings is 2. The normalized spacial score (nSPS) is 17.0. The summed E-state index contributed by atoms with van der Waals surface area (Å²) in [6.45, 7) is 2.00. The van der Waals surface area contributed by atoms with Crippen LogP contribution in [0.25, 0.3) is 0 Å². The van der Waals surface area contributed by atoms with Gasteiger partial charge in [-0.05, 0) is 62.6 Å². The number of amides is 1. The molecule has 0 saturated carbocycles. The maximum atomic E-state index is 13.6. The Morgan fingerprint density at radius 2 is 1.59 bits per heavy atom. The van der Waals surface area contributed by atoms with Gasteiger partial charge in [0, 0.05) is 37.8 Å². The second-order valence-corrected chi connectivity index (χ2v) is 11.4. The zero-order chi connectivity index (χ0) is 26.7. The third kappa shape index (κ3) is 6.06. The van der Waals surface area contributed by atoms with Crippen LogP contribution < -0.4 is 14.2 Å². The highest BCUT2D eigenvalue weighted by Gasteiger charge is 2.38. The molecule has 0 N–H and O–H groups in total. The summed E-state index contributed by atoms with van der Waals surface area (Å²) in [6, 6.07) is 8.72. The second kappa shape index (κ2) is 11.1. The highest BCUT2D eigenvalue weighted by atomic mass is 32.2. The molecule has 2 aromatic rings. The van der Waals surface area contributed by atoms with Gasteiger partial charge in [0.25, 0.3) is 0 Å². The molecule has 37 heavy (non-hydrogen) atoms. The van der Waals surface area contributed by atoms with Gasteiger partial charge >= 0.3 is 0 Å². The number of hydrogen-bond donors (Lipinski definition) is 0. The van der Waals surface area contributed by atoms with Gasteiger partial charge in [0.15, 0.2) is 11.5 Å². The van der Waals surface area contributed by atoms with Crippen LogP contribution in [0.4, 0.5) is 4.39 Å². The van der Waals surface area contributed by atoms with Gasteiger partial charge in [0.05, 0.1) is 18.4 Å². The van der Waals surface area contributed by atoms with Gasteiger partial charge in [0.2, 0.25) is 15.9 Å². The molecule has 0 fully saturated rings. The van der Waals surface area contributed by atoms with Crippen molar-refractivity contribution in [2.24, 2.45) is 0 Å². The minimum atomic E-state index is -3.72. The predicted octanol–water partition coefficient (Wildman–Crippen LogP) is 2.17.